The van der Waals surface area contributed by atoms with Gasteiger partial charge in [-0.05, 0) is 54.7 Å². The Morgan fingerprint density at radius 3 is 2.36 bits per heavy atom. The number of carbonyl (C=O) groups excluding carboxylic acids is 2. The summed E-state index contributed by atoms with van der Waals surface area (Å²) in [7, 11) is 3.16. The molecule has 3 rings (SSSR count). The molecule has 0 aliphatic carbocycles. The number of benzene rings is 2. The molecule has 0 saturated carbocycles. The summed E-state index contributed by atoms with van der Waals surface area (Å²) in [4.78, 5) is 27.9. The van der Waals surface area contributed by atoms with Crippen LogP contribution in [0.5, 0.6) is 11.5 Å². The lowest BCUT2D eigenvalue weighted by Gasteiger charge is -2.15. The van der Waals surface area contributed by atoms with Crippen LogP contribution in [-0.4, -0.2) is 50.7 Å². The quantitative estimate of drug-likeness (QED) is 0.405. The number of hydrogen-bond acceptors (Lipinski definition) is 6. The SMILES string of the molecule is COCCCN1C(=O)C(Nc2cc(C)ccc2OC)=C(c2ccc(OCC(C)C)cc2)C1=O. The highest BCUT2D eigenvalue weighted by Crippen LogP contribution is 2.34. The number of nitrogens with zero attached hydrogens (tertiary/aromatic N) is 1. The summed E-state index contributed by atoms with van der Waals surface area (Å²) in [5.41, 5.74) is 2.84. The van der Waals surface area contributed by atoms with Gasteiger partial charge in [0.2, 0.25) is 0 Å². The van der Waals surface area contributed by atoms with Crippen molar-refractivity contribution in [1.82, 2.24) is 4.90 Å². The molecule has 2 aromatic rings. The predicted molar refractivity (Wildman–Crippen MR) is 128 cm³/mol. The maximum Gasteiger partial charge on any atom is 0.278 e. The third-order valence-electron chi connectivity index (χ3n) is 5.24. The standard InChI is InChI=1S/C26H32N2O5/c1-17(2)16-33-20-10-8-19(9-11-20)23-24(26(30)28(25(23)29)13-6-14-31-4)27-21-15-18(3)7-12-22(21)32-5/h7-12,15,17,27H,6,13-14,16H2,1-5H3. The molecule has 0 saturated heterocycles. The van der Waals surface area contributed by atoms with Crippen molar-refractivity contribution in [1.29, 1.82) is 0 Å². The number of nitrogens with one attached hydrogen (secondary N) is 1. The highest BCUT2D eigenvalue weighted by Gasteiger charge is 2.39. The first-order chi connectivity index (χ1) is 15.8. The van der Waals surface area contributed by atoms with Crippen molar-refractivity contribution in [2.24, 2.45) is 5.92 Å². The summed E-state index contributed by atoms with van der Waals surface area (Å²) >= 11 is 0. The molecule has 7 nitrogen and oxygen atoms in total. The lowest BCUT2D eigenvalue weighted by Crippen LogP contribution is -2.33. The van der Waals surface area contributed by atoms with E-state index in [-0.39, 0.29) is 24.1 Å². The molecule has 0 spiro atoms. The van der Waals surface area contributed by atoms with Crippen molar-refractivity contribution in [2.75, 3.05) is 39.3 Å². The second kappa shape index (κ2) is 11.0. The van der Waals surface area contributed by atoms with E-state index in [9.17, 15) is 9.59 Å². The van der Waals surface area contributed by atoms with Crippen LogP contribution in [-0.2, 0) is 14.3 Å². The number of amides is 2. The van der Waals surface area contributed by atoms with E-state index in [0.717, 1.165) is 11.3 Å². The molecule has 0 aromatic heterocycles. The highest BCUT2D eigenvalue weighted by atomic mass is 16.5. The number of aryl methyl sites for hydroxylation is 1. The summed E-state index contributed by atoms with van der Waals surface area (Å²) in [6.45, 7) is 7.46. The van der Waals surface area contributed by atoms with Gasteiger partial charge in [0.25, 0.3) is 11.8 Å². The van der Waals surface area contributed by atoms with Gasteiger partial charge < -0.3 is 19.5 Å². The zero-order chi connectivity index (χ0) is 24.0. The molecule has 33 heavy (non-hydrogen) atoms. The highest BCUT2D eigenvalue weighted by molar-refractivity contribution is 6.36. The normalized spacial score (nSPS) is 13.8. The Bertz CT molecular complexity index is 1030. The Morgan fingerprint density at radius 2 is 1.73 bits per heavy atom. The molecule has 2 aromatic carbocycles. The molecule has 7 heteroatoms. The number of imide groups is 1. The topological polar surface area (TPSA) is 77.1 Å². The second-order valence-electron chi connectivity index (χ2n) is 8.42. The molecule has 0 unspecified atom stereocenters. The summed E-state index contributed by atoms with van der Waals surface area (Å²) < 4.78 is 16.3. The van der Waals surface area contributed by atoms with Crippen molar-refractivity contribution in [3.63, 3.8) is 0 Å². The average Bonchev–Trinajstić information content (AvgIpc) is 3.02. The van der Waals surface area contributed by atoms with E-state index in [1.165, 1.54) is 4.90 Å². The van der Waals surface area contributed by atoms with E-state index < -0.39 is 0 Å². The third kappa shape index (κ3) is 5.73. The van der Waals surface area contributed by atoms with Gasteiger partial charge in [0.05, 0.1) is 25.0 Å². The maximum absolute atomic E-state index is 13.3. The lowest BCUT2D eigenvalue weighted by molar-refractivity contribution is -0.136. The molecular formula is C26H32N2O5. The summed E-state index contributed by atoms with van der Waals surface area (Å²) in [5.74, 6) is 1.01. The van der Waals surface area contributed by atoms with Crippen LogP contribution < -0.4 is 14.8 Å². The molecule has 1 heterocycles. The number of ether oxygens (including phenoxy) is 3. The molecule has 176 valence electrons. The number of hydrogen-bond donors (Lipinski definition) is 1. The van der Waals surface area contributed by atoms with Gasteiger partial charge in [-0.15, -0.1) is 0 Å². The minimum atomic E-state index is -0.366. The summed E-state index contributed by atoms with van der Waals surface area (Å²) in [5, 5.41) is 3.19. The van der Waals surface area contributed by atoms with Crippen LogP contribution in [0.4, 0.5) is 5.69 Å². The molecule has 1 aliphatic heterocycles. The third-order valence-corrected chi connectivity index (χ3v) is 5.24. The number of carbonyl (C=O) groups is 2. The van der Waals surface area contributed by atoms with E-state index in [0.29, 0.717) is 48.1 Å². The molecule has 0 atom stereocenters. The fraction of sp³-hybridized carbons (Fsp3) is 0.385. The second-order valence-corrected chi connectivity index (χ2v) is 8.42. The van der Waals surface area contributed by atoms with Gasteiger partial charge in [-0.2, -0.15) is 0 Å². The Hall–Kier alpha value is -3.32. The van der Waals surface area contributed by atoms with Crippen LogP contribution in [0.1, 0.15) is 31.4 Å². The van der Waals surface area contributed by atoms with E-state index >= 15 is 0 Å². The van der Waals surface area contributed by atoms with Gasteiger partial charge in [0.15, 0.2) is 0 Å². The first-order valence-electron chi connectivity index (χ1n) is 11.1. The Labute approximate surface area is 195 Å². The van der Waals surface area contributed by atoms with Gasteiger partial charge in [-0.1, -0.05) is 32.0 Å². The van der Waals surface area contributed by atoms with E-state index in [1.54, 1.807) is 14.2 Å². The predicted octanol–water partition coefficient (Wildman–Crippen LogP) is 4.27. The zero-order valence-corrected chi connectivity index (χ0v) is 19.9. The van der Waals surface area contributed by atoms with E-state index in [4.69, 9.17) is 14.2 Å². The first-order valence-corrected chi connectivity index (χ1v) is 11.1. The summed E-state index contributed by atoms with van der Waals surface area (Å²) in [6.07, 6.45) is 0.560. The smallest absolute Gasteiger partial charge is 0.278 e. The lowest BCUT2D eigenvalue weighted by atomic mass is 10.0. The maximum atomic E-state index is 13.3. The van der Waals surface area contributed by atoms with Gasteiger partial charge >= 0.3 is 0 Å². The number of rotatable bonds is 11. The van der Waals surface area contributed by atoms with Crippen LogP contribution >= 0.6 is 0 Å². The Morgan fingerprint density at radius 1 is 1.00 bits per heavy atom. The van der Waals surface area contributed by atoms with Crippen LogP contribution in [0.15, 0.2) is 48.2 Å². The zero-order valence-electron chi connectivity index (χ0n) is 19.9. The fourth-order valence-electron chi connectivity index (χ4n) is 3.56. The van der Waals surface area contributed by atoms with E-state index in [2.05, 4.69) is 19.2 Å². The number of methoxy groups -OCH3 is 2. The van der Waals surface area contributed by atoms with Crippen LogP contribution in [0.25, 0.3) is 5.57 Å². The van der Waals surface area contributed by atoms with Crippen molar-refractivity contribution < 1.29 is 23.8 Å². The van der Waals surface area contributed by atoms with Crippen molar-refractivity contribution in [3.05, 3.63) is 59.3 Å². The Balaban J connectivity index is 1.98. The molecular weight excluding hydrogens is 420 g/mol. The van der Waals surface area contributed by atoms with Gasteiger partial charge in [0, 0.05) is 20.3 Å². The molecule has 0 bridgehead atoms. The van der Waals surface area contributed by atoms with Crippen molar-refractivity contribution in [3.8, 4) is 11.5 Å². The molecule has 1 aliphatic rings. The Kier molecular flexibility index (Phi) is 8.11. The molecule has 1 N–H and O–H groups in total. The van der Waals surface area contributed by atoms with Gasteiger partial charge in [-0.3, -0.25) is 14.5 Å². The van der Waals surface area contributed by atoms with Crippen LogP contribution in [0.3, 0.4) is 0 Å². The van der Waals surface area contributed by atoms with Crippen LogP contribution in [0, 0.1) is 12.8 Å². The first kappa shape index (κ1) is 24.3. The molecule has 2 amide bonds. The van der Waals surface area contributed by atoms with Crippen molar-refractivity contribution in [2.45, 2.75) is 27.2 Å². The average molecular weight is 453 g/mol. The minimum Gasteiger partial charge on any atom is -0.495 e. The van der Waals surface area contributed by atoms with Gasteiger partial charge in [-0.25, -0.2) is 0 Å². The molecule has 0 radical (unpaired) electrons. The monoisotopic (exact) mass is 452 g/mol. The minimum absolute atomic E-state index is 0.233. The molecule has 0 fully saturated rings. The number of anilines is 1. The summed E-state index contributed by atoms with van der Waals surface area (Å²) in [6, 6.07) is 12.9. The van der Waals surface area contributed by atoms with Crippen LogP contribution in [0.2, 0.25) is 0 Å². The van der Waals surface area contributed by atoms with Crippen molar-refractivity contribution >= 4 is 23.1 Å². The largest absolute Gasteiger partial charge is 0.495 e. The van der Waals surface area contributed by atoms with Gasteiger partial charge in [0.1, 0.15) is 17.2 Å². The van der Waals surface area contributed by atoms with E-state index in [1.807, 2.05) is 49.4 Å². The fourth-order valence-corrected chi connectivity index (χ4v) is 3.56.